The first-order valence-corrected chi connectivity index (χ1v) is 6.47. The van der Waals surface area contributed by atoms with Crippen LogP contribution in [0.4, 0.5) is 0 Å². The molecule has 0 bridgehead atoms. The molecule has 0 aliphatic rings. The summed E-state index contributed by atoms with van der Waals surface area (Å²) in [6, 6.07) is 8.66. The zero-order valence-electron chi connectivity index (χ0n) is 11.5. The van der Waals surface area contributed by atoms with Gasteiger partial charge in [0.25, 0.3) is 0 Å². The van der Waals surface area contributed by atoms with Crippen molar-refractivity contribution in [1.82, 2.24) is 0 Å². The van der Waals surface area contributed by atoms with Crippen molar-refractivity contribution in [3.63, 3.8) is 0 Å². The van der Waals surface area contributed by atoms with Gasteiger partial charge < -0.3 is 4.74 Å². The second-order valence-electron chi connectivity index (χ2n) is 4.92. The van der Waals surface area contributed by atoms with E-state index in [0.717, 1.165) is 12.8 Å². The standard InChI is InChI=1S/C16H24O/c1-5-14-9-11-15(12-10-14)8-7-13-17-16(3,4)6-2/h7-12H,5-6,13H2,1-4H3/b8-7+. The first-order chi connectivity index (χ1) is 8.07. The van der Waals surface area contributed by atoms with Gasteiger partial charge >= 0.3 is 0 Å². The summed E-state index contributed by atoms with van der Waals surface area (Å²) in [7, 11) is 0. The molecule has 1 heteroatoms. The first kappa shape index (κ1) is 14.0. The first-order valence-electron chi connectivity index (χ1n) is 6.47. The van der Waals surface area contributed by atoms with Crippen LogP contribution in [0.3, 0.4) is 0 Å². The highest BCUT2D eigenvalue weighted by Gasteiger charge is 2.13. The predicted octanol–water partition coefficient (Wildman–Crippen LogP) is 4.47. The van der Waals surface area contributed by atoms with E-state index in [-0.39, 0.29) is 5.60 Å². The van der Waals surface area contributed by atoms with Crippen molar-refractivity contribution in [2.24, 2.45) is 0 Å². The van der Waals surface area contributed by atoms with Gasteiger partial charge in [-0.15, -0.1) is 0 Å². The SMILES string of the molecule is CCc1ccc(/C=C/COC(C)(C)CC)cc1. The molecule has 0 saturated carbocycles. The van der Waals surface area contributed by atoms with Gasteiger partial charge in [0.2, 0.25) is 0 Å². The van der Waals surface area contributed by atoms with Gasteiger partial charge in [-0.05, 0) is 37.8 Å². The summed E-state index contributed by atoms with van der Waals surface area (Å²) < 4.78 is 5.76. The topological polar surface area (TPSA) is 9.23 Å². The minimum Gasteiger partial charge on any atom is -0.372 e. The average molecular weight is 232 g/mol. The van der Waals surface area contributed by atoms with Gasteiger partial charge in [-0.3, -0.25) is 0 Å². The maximum absolute atomic E-state index is 5.76. The molecule has 1 aromatic rings. The highest BCUT2D eigenvalue weighted by molar-refractivity contribution is 5.49. The maximum atomic E-state index is 5.76. The Morgan fingerprint density at radius 1 is 1.12 bits per heavy atom. The fourth-order valence-corrected chi connectivity index (χ4v) is 1.42. The van der Waals surface area contributed by atoms with E-state index in [1.54, 1.807) is 0 Å². The third-order valence-corrected chi connectivity index (χ3v) is 3.12. The van der Waals surface area contributed by atoms with E-state index < -0.39 is 0 Å². The molecule has 17 heavy (non-hydrogen) atoms. The quantitative estimate of drug-likeness (QED) is 0.703. The minimum atomic E-state index is -0.0175. The van der Waals surface area contributed by atoms with E-state index in [1.807, 2.05) is 0 Å². The van der Waals surface area contributed by atoms with Gasteiger partial charge in [-0.25, -0.2) is 0 Å². The molecule has 0 aromatic heterocycles. The maximum Gasteiger partial charge on any atom is 0.0657 e. The van der Waals surface area contributed by atoms with Crippen molar-refractivity contribution in [1.29, 1.82) is 0 Å². The Morgan fingerprint density at radius 3 is 2.29 bits per heavy atom. The van der Waals surface area contributed by atoms with E-state index in [4.69, 9.17) is 4.74 Å². The van der Waals surface area contributed by atoms with Crippen LogP contribution in [-0.2, 0) is 11.2 Å². The molecule has 0 fully saturated rings. The Labute approximate surface area is 106 Å². The summed E-state index contributed by atoms with van der Waals surface area (Å²) in [5.74, 6) is 0. The molecule has 0 unspecified atom stereocenters. The summed E-state index contributed by atoms with van der Waals surface area (Å²) in [4.78, 5) is 0. The highest BCUT2D eigenvalue weighted by Crippen LogP contribution is 2.13. The second kappa shape index (κ2) is 6.61. The lowest BCUT2D eigenvalue weighted by Gasteiger charge is -2.22. The van der Waals surface area contributed by atoms with E-state index in [9.17, 15) is 0 Å². The van der Waals surface area contributed by atoms with E-state index in [0.29, 0.717) is 6.61 Å². The molecule has 0 atom stereocenters. The number of hydrogen-bond donors (Lipinski definition) is 0. The van der Waals surface area contributed by atoms with Crippen molar-refractivity contribution in [3.8, 4) is 0 Å². The van der Waals surface area contributed by atoms with Crippen LogP contribution in [0, 0.1) is 0 Å². The summed E-state index contributed by atoms with van der Waals surface area (Å²) in [6.45, 7) is 9.24. The number of ether oxygens (including phenoxy) is 1. The molecule has 94 valence electrons. The van der Waals surface area contributed by atoms with Crippen LogP contribution >= 0.6 is 0 Å². The Hall–Kier alpha value is -1.08. The van der Waals surface area contributed by atoms with Crippen molar-refractivity contribution in [3.05, 3.63) is 41.5 Å². The number of aryl methyl sites for hydroxylation is 1. The molecule has 0 saturated heterocycles. The number of rotatable bonds is 6. The minimum absolute atomic E-state index is 0.0175. The fourth-order valence-electron chi connectivity index (χ4n) is 1.42. The average Bonchev–Trinajstić information content (AvgIpc) is 2.35. The molecule has 0 N–H and O–H groups in total. The molecule has 1 aromatic carbocycles. The van der Waals surface area contributed by atoms with E-state index >= 15 is 0 Å². The fraction of sp³-hybridized carbons (Fsp3) is 0.500. The zero-order chi connectivity index (χ0) is 12.7. The monoisotopic (exact) mass is 232 g/mol. The van der Waals surface area contributed by atoms with Crippen LogP contribution in [0.15, 0.2) is 30.3 Å². The largest absolute Gasteiger partial charge is 0.372 e. The van der Waals surface area contributed by atoms with Crippen molar-refractivity contribution in [2.45, 2.75) is 46.1 Å². The smallest absolute Gasteiger partial charge is 0.0657 e. The summed E-state index contributed by atoms with van der Waals surface area (Å²) in [5, 5.41) is 0. The lowest BCUT2D eigenvalue weighted by molar-refractivity contribution is -0.00323. The van der Waals surface area contributed by atoms with Gasteiger partial charge in [0.1, 0.15) is 0 Å². The molecule has 0 amide bonds. The van der Waals surface area contributed by atoms with Crippen molar-refractivity contribution in [2.75, 3.05) is 6.61 Å². The third kappa shape index (κ3) is 5.18. The normalized spacial score (nSPS) is 12.2. The molecular formula is C16H24O. The van der Waals surface area contributed by atoms with Crippen LogP contribution in [0.5, 0.6) is 0 Å². The van der Waals surface area contributed by atoms with Crippen LogP contribution in [-0.4, -0.2) is 12.2 Å². The van der Waals surface area contributed by atoms with Crippen molar-refractivity contribution < 1.29 is 4.74 Å². The molecule has 0 heterocycles. The lowest BCUT2D eigenvalue weighted by atomic mass is 10.1. The van der Waals surface area contributed by atoms with E-state index in [2.05, 4.69) is 64.1 Å². The summed E-state index contributed by atoms with van der Waals surface area (Å²) >= 11 is 0. The van der Waals surface area contributed by atoms with Crippen LogP contribution in [0.2, 0.25) is 0 Å². The Morgan fingerprint density at radius 2 is 1.76 bits per heavy atom. The lowest BCUT2D eigenvalue weighted by Crippen LogP contribution is -2.22. The predicted molar refractivity (Wildman–Crippen MR) is 75.2 cm³/mol. The van der Waals surface area contributed by atoms with Crippen molar-refractivity contribution >= 4 is 6.08 Å². The molecule has 0 radical (unpaired) electrons. The van der Waals surface area contributed by atoms with Gasteiger partial charge in [0.05, 0.1) is 12.2 Å². The molecule has 0 spiro atoms. The number of hydrogen-bond acceptors (Lipinski definition) is 1. The summed E-state index contributed by atoms with van der Waals surface area (Å²) in [6.07, 6.45) is 6.33. The second-order valence-corrected chi connectivity index (χ2v) is 4.92. The molecule has 1 rings (SSSR count). The van der Waals surface area contributed by atoms with Gasteiger partial charge in [0.15, 0.2) is 0 Å². The summed E-state index contributed by atoms with van der Waals surface area (Å²) in [5.41, 5.74) is 2.60. The van der Waals surface area contributed by atoms with Gasteiger partial charge in [0, 0.05) is 0 Å². The van der Waals surface area contributed by atoms with E-state index in [1.165, 1.54) is 11.1 Å². The Bertz CT molecular complexity index is 346. The number of benzene rings is 1. The highest BCUT2D eigenvalue weighted by atomic mass is 16.5. The van der Waals surface area contributed by atoms with Crippen LogP contribution in [0.1, 0.15) is 45.2 Å². The third-order valence-electron chi connectivity index (χ3n) is 3.12. The molecule has 1 nitrogen and oxygen atoms in total. The van der Waals surface area contributed by atoms with Gasteiger partial charge in [-0.2, -0.15) is 0 Å². The Kier molecular flexibility index (Phi) is 5.43. The zero-order valence-corrected chi connectivity index (χ0v) is 11.5. The van der Waals surface area contributed by atoms with Crippen LogP contribution in [0.25, 0.3) is 6.08 Å². The molecular weight excluding hydrogens is 208 g/mol. The molecule has 0 aliphatic carbocycles. The van der Waals surface area contributed by atoms with Gasteiger partial charge in [-0.1, -0.05) is 50.3 Å². The van der Waals surface area contributed by atoms with Crippen LogP contribution < -0.4 is 0 Å². The molecule has 0 aliphatic heterocycles. The Balaban J connectivity index is 2.43.